The highest BCUT2D eigenvalue weighted by Gasteiger charge is 2.40. The molecule has 2 aliphatic heterocycles. The molecule has 0 unspecified atom stereocenters. The fraction of sp³-hybridized carbons (Fsp3) is 0.543. The van der Waals surface area contributed by atoms with E-state index in [4.69, 9.17) is 16.3 Å². The van der Waals surface area contributed by atoms with Crippen LogP contribution in [0.15, 0.2) is 42.5 Å². The molecule has 10 nitrogen and oxygen atoms in total. The molecule has 3 heterocycles. The maximum Gasteiger partial charge on any atom is 0.401 e. The van der Waals surface area contributed by atoms with Gasteiger partial charge in [-0.1, -0.05) is 35.9 Å². The Labute approximate surface area is 288 Å². The molecule has 1 N–H and O–H groups in total. The van der Waals surface area contributed by atoms with Crippen molar-refractivity contribution in [1.29, 1.82) is 0 Å². The van der Waals surface area contributed by atoms with Crippen molar-refractivity contribution in [3.8, 4) is 0 Å². The maximum atomic E-state index is 13.8. The molecule has 3 aliphatic rings. The van der Waals surface area contributed by atoms with Crippen molar-refractivity contribution in [3.05, 3.63) is 58.7 Å². The summed E-state index contributed by atoms with van der Waals surface area (Å²) in [4.78, 5) is 43.6. The number of hydrogen-bond acceptors (Lipinski definition) is 7. The van der Waals surface area contributed by atoms with E-state index < -0.39 is 18.6 Å². The maximum absolute atomic E-state index is 13.8. The van der Waals surface area contributed by atoms with Gasteiger partial charge in [-0.3, -0.25) is 24.1 Å². The molecule has 2 amide bonds. The number of aryl methyl sites for hydroxylation is 1. The molecule has 3 fully saturated rings. The van der Waals surface area contributed by atoms with Crippen LogP contribution in [0.2, 0.25) is 5.02 Å². The van der Waals surface area contributed by atoms with Gasteiger partial charge in [-0.15, -0.1) is 0 Å². The molecule has 2 saturated heterocycles. The Balaban J connectivity index is 1.10. The number of ether oxygens (including phenoxy) is 1. The number of aromatic nitrogens is 2. The molecule has 2 atom stereocenters. The predicted molar refractivity (Wildman–Crippen MR) is 180 cm³/mol. The van der Waals surface area contributed by atoms with E-state index in [1.807, 2.05) is 29.2 Å². The quantitative estimate of drug-likeness (QED) is 0.299. The Kier molecular flexibility index (Phi) is 10.9. The van der Waals surface area contributed by atoms with Gasteiger partial charge >= 0.3 is 6.18 Å². The third-order valence-electron chi connectivity index (χ3n) is 10.1. The summed E-state index contributed by atoms with van der Waals surface area (Å²) in [5.41, 5.74) is 2.20. The fourth-order valence-electron chi connectivity index (χ4n) is 7.41. The van der Waals surface area contributed by atoms with Gasteiger partial charge in [-0.25, -0.2) is 0 Å². The molecule has 6 rings (SSSR count). The van der Waals surface area contributed by atoms with Crippen molar-refractivity contribution in [2.75, 3.05) is 51.2 Å². The Morgan fingerprint density at radius 3 is 2.49 bits per heavy atom. The Morgan fingerprint density at radius 2 is 1.80 bits per heavy atom. The number of rotatable bonds is 10. The second-order valence-corrected chi connectivity index (χ2v) is 13.9. The van der Waals surface area contributed by atoms with Crippen LogP contribution in [0.25, 0.3) is 10.9 Å². The predicted octanol–water partition coefficient (Wildman–Crippen LogP) is 4.95. The number of para-hydroxylation sites is 1. The minimum absolute atomic E-state index is 0.0141. The average molecular weight is 703 g/mol. The standard InChI is InChI=1S/C35H42ClF3N6O4/c1-42-31-5-3-2-4-28(31)33(41-42)34(48)40-30-11-8-24(16-29(30)36)17-32(47)45-19-25(44-14-12-43(13-15-44)22-35(37,38)39)18-26(45)21-49-27-9-6-23(20-46)7-10-27/h2-5,8,11,16,20,23,25-27H,6-7,9-10,12-15,17-19,21-22H2,1H3,(H,40,48)/t23?,25-,26-,27?/m0/s1. The molecule has 2 aromatic carbocycles. The molecular weight excluding hydrogens is 661 g/mol. The van der Waals surface area contributed by atoms with Gasteiger partial charge in [0, 0.05) is 57.1 Å². The number of carbonyl (C=O) groups excluding carboxylic acids is 3. The number of piperazine rings is 1. The van der Waals surface area contributed by atoms with Crippen LogP contribution >= 0.6 is 11.6 Å². The van der Waals surface area contributed by atoms with Gasteiger partial charge in [0.25, 0.3) is 5.91 Å². The summed E-state index contributed by atoms with van der Waals surface area (Å²) in [7, 11) is 1.77. The molecule has 1 saturated carbocycles. The van der Waals surface area contributed by atoms with Gasteiger partial charge in [-0.2, -0.15) is 18.3 Å². The number of hydrogen-bond donors (Lipinski definition) is 1. The van der Waals surface area contributed by atoms with Crippen molar-refractivity contribution in [2.24, 2.45) is 13.0 Å². The first-order valence-electron chi connectivity index (χ1n) is 16.9. The first-order chi connectivity index (χ1) is 23.5. The van der Waals surface area contributed by atoms with Gasteiger partial charge in [0.15, 0.2) is 5.69 Å². The number of alkyl halides is 3. The molecule has 49 heavy (non-hydrogen) atoms. The van der Waals surface area contributed by atoms with Crippen LogP contribution in [0.3, 0.4) is 0 Å². The lowest BCUT2D eigenvalue weighted by Gasteiger charge is -2.38. The van der Waals surface area contributed by atoms with Crippen LogP contribution in [0, 0.1) is 5.92 Å². The van der Waals surface area contributed by atoms with Crippen LogP contribution < -0.4 is 5.32 Å². The van der Waals surface area contributed by atoms with Crippen LogP contribution in [0.4, 0.5) is 18.9 Å². The molecule has 264 valence electrons. The summed E-state index contributed by atoms with van der Waals surface area (Å²) in [5.74, 6) is -0.414. The van der Waals surface area contributed by atoms with E-state index in [0.29, 0.717) is 62.0 Å². The number of aldehydes is 1. The van der Waals surface area contributed by atoms with Crippen LogP contribution in [-0.4, -0.2) is 113 Å². The summed E-state index contributed by atoms with van der Waals surface area (Å²) < 4.78 is 46.8. The van der Waals surface area contributed by atoms with Gasteiger partial charge < -0.3 is 19.7 Å². The van der Waals surface area contributed by atoms with Gasteiger partial charge in [0.1, 0.15) is 6.29 Å². The number of carbonyl (C=O) groups is 3. The summed E-state index contributed by atoms with van der Waals surface area (Å²) in [6.07, 6.45) is 0.759. The largest absolute Gasteiger partial charge is 0.401 e. The summed E-state index contributed by atoms with van der Waals surface area (Å²) in [5, 5.41) is 8.22. The summed E-state index contributed by atoms with van der Waals surface area (Å²) >= 11 is 6.60. The summed E-state index contributed by atoms with van der Waals surface area (Å²) in [6, 6.07) is 12.4. The molecule has 1 aromatic heterocycles. The minimum Gasteiger partial charge on any atom is -0.376 e. The lowest BCUT2D eigenvalue weighted by atomic mass is 9.88. The topological polar surface area (TPSA) is 100 Å². The van der Waals surface area contributed by atoms with E-state index in [-0.39, 0.29) is 42.1 Å². The SMILES string of the molecule is Cn1nc(C(=O)Nc2ccc(CC(=O)N3C[C@@H](N4CCN(CC(F)(F)F)CC4)C[C@H]3COC3CCC(C=O)CC3)cc2Cl)c2ccccc21. The average Bonchev–Trinajstić information content (AvgIpc) is 3.66. The first-order valence-corrected chi connectivity index (χ1v) is 17.3. The van der Waals surface area contributed by atoms with Gasteiger partial charge in [0.2, 0.25) is 5.91 Å². The molecule has 0 bridgehead atoms. The molecule has 3 aromatic rings. The van der Waals surface area contributed by atoms with E-state index in [1.54, 1.807) is 29.9 Å². The third-order valence-corrected chi connectivity index (χ3v) is 10.4. The van der Waals surface area contributed by atoms with Gasteiger partial charge in [0.05, 0.1) is 47.9 Å². The lowest BCUT2D eigenvalue weighted by molar-refractivity contribution is -0.150. The molecular formula is C35H42ClF3N6O4. The van der Waals surface area contributed by atoms with Gasteiger partial charge in [-0.05, 0) is 55.9 Å². The Hall–Kier alpha value is -3.52. The number of amides is 2. The minimum atomic E-state index is -4.23. The second kappa shape index (κ2) is 15.2. The zero-order valence-corrected chi connectivity index (χ0v) is 28.3. The van der Waals surface area contributed by atoms with E-state index in [0.717, 1.165) is 42.9 Å². The fourth-order valence-corrected chi connectivity index (χ4v) is 7.66. The number of halogens is 4. The highest BCUT2D eigenvalue weighted by molar-refractivity contribution is 6.34. The highest BCUT2D eigenvalue weighted by Crippen LogP contribution is 2.30. The molecule has 0 spiro atoms. The highest BCUT2D eigenvalue weighted by atomic mass is 35.5. The number of benzene rings is 2. The molecule has 14 heteroatoms. The van der Waals surface area contributed by atoms with E-state index in [1.165, 1.54) is 4.90 Å². The monoisotopic (exact) mass is 702 g/mol. The van der Waals surface area contributed by atoms with Crippen molar-refractivity contribution < 1.29 is 32.3 Å². The summed E-state index contributed by atoms with van der Waals surface area (Å²) in [6.45, 7) is 1.56. The number of likely N-dealkylation sites (tertiary alicyclic amines) is 1. The number of anilines is 1. The number of nitrogens with one attached hydrogen (secondary N) is 1. The van der Waals surface area contributed by atoms with Crippen molar-refractivity contribution >= 4 is 46.3 Å². The first kappa shape index (κ1) is 35.3. The van der Waals surface area contributed by atoms with Crippen LogP contribution in [0.5, 0.6) is 0 Å². The second-order valence-electron chi connectivity index (χ2n) is 13.5. The molecule has 0 radical (unpaired) electrons. The zero-order chi connectivity index (χ0) is 34.7. The van der Waals surface area contributed by atoms with E-state index in [9.17, 15) is 27.6 Å². The third kappa shape index (κ3) is 8.62. The van der Waals surface area contributed by atoms with Crippen molar-refractivity contribution in [3.63, 3.8) is 0 Å². The number of nitrogens with zero attached hydrogens (tertiary/aromatic N) is 5. The Morgan fingerprint density at radius 1 is 1.06 bits per heavy atom. The zero-order valence-electron chi connectivity index (χ0n) is 27.5. The van der Waals surface area contributed by atoms with Crippen LogP contribution in [-0.2, 0) is 27.8 Å². The number of fused-ring (bicyclic) bond motifs is 1. The van der Waals surface area contributed by atoms with Crippen molar-refractivity contribution in [1.82, 2.24) is 24.5 Å². The van der Waals surface area contributed by atoms with E-state index in [2.05, 4.69) is 15.3 Å². The van der Waals surface area contributed by atoms with E-state index >= 15 is 0 Å². The normalized spacial score (nSPS) is 24.0. The van der Waals surface area contributed by atoms with Crippen molar-refractivity contribution in [2.45, 2.75) is 62.9 Å². The lowest BCUT2D eigenvalue weighted by Crippen LogP contribution is -2.52. The molecule has 1 aliphatic carbocycles. The smallest absolute Gasteiger partial charge is 0.376 e. The van der Waals surface area contributed by atoms with Crippen LogP contribution in [0.1, 0.15) is 48.2 Å². The Bertz CT molecular complexity index is 1650.